The zero-order chi connectivity index (χ0) is 29.4. The molecular weight excluding hydrogens is 592 g/mol. The van der Waals surface area contributed by atoms with Crippen LogP contribution in [-0.4, -0.2) is 28.3 Å². The highest BCUT2D eigenvalue weighted by molar-refractivity contribution is 7.89. The first kappa shape index (κ1) is 28.5. The Balaban J connectivity index is 1.48. The summed E-state index contributed by atoms with van der Waals surface area (Å²) >= 11 is 3.04. The predicted molar refractivity (Wildman–Crippen MR) is 163 cm³/mol. The monoisotopic (exact) mass is 618 g/mol. The molecule has 0 radical (unpaired) electrons. The fourth-order valence-electron chi connectivity index (χ4n) is 4.80. The lowest BCUT2D eigenvalue weighted by Gasteiger charge is -2.10. The number of halogens is 1. The number of primary sulfonamides is 1. The molecule has 0 atom stereocenters. The van der Waals surface area contributed by atoms with E-state index in [9.17, 15) is 17.9 Å². The van der Waals surface area contributed by atoms with Gasteiger partial charge in [-0.2, -0.15) is 5.10 Å². The molecule has 0 unspecified atom stereocenters. The highest BCUT2D eigenvalue weighted by Gasteiger charge is 2.29. The van der Waals surface area contributed by atoms with Gasteiger partial charge in [0.1, 0.15) is 10.7 Å². The van der Waals surface area contributed by atoms with E-state index in [1.807, 2.05) is 48.0 Å². The Morgan fingerprint density at radius 1 is 1.14 bits per heavy atom. The smallest absolute Gasteiger partial charge is 0.240 e. The van der Waals surface area contributed by atoms with E-state index in [0.717, 1.165) is 52.2 Å². The SMILES string of the molecule is Cc1ccc(C#Cc2cccc(-c3nn(-c4nc(CO)cs4)c(CC4CC4)c3Cc3ccc(S(N)(=O)=O)c(F)c3)c2)s1. The van der Waals surface area contributed by atoms with Gasteiger partial charge in [-0.3, -0.25) is 0 Å². The summed E-state index contributed by atoms with van der Waals surface area (Å²) in [5, 5.41) is 22.3. The number of aryl methyl sites for hydroxylation is 1. The van der Waals surface area contributed by atoms with Crippen molar-refractivity contribution >= 4 is 32.7 Å². The van der Waals surface area contributed by atoms with Crippen molar-refractivity contribution in [3.63, 3.8) is 0 Å². The summed E-state index contributed by atoms with van der Waals surface area (Å²) in [4.78, 5) is 6.24. The van der Waals surface area contributed by atoms with Crippen molar-refractivity contribution in [2.75, 3.05) is 0 Å². The molecule has 1 aliphatic rings. The van der Waals surface area contributed by atoms with E-state index in [2.05, 4.69) is 16.8 Å². The number of rotatable bonds is 8. The van der Waals surface area contributed by atoms with Crippen molar-refractivity contribution in [3.05, 3.63) is 104 Å². The molecule has 6 rings (SSSR count). The minimum absolute atomic E-state index is 0.171. The van der Waals surface area contributed by atoms with Crippen LogP contribution in [0.2, 0.25) is 0 Å². The molecule has 7 nitrogen and oxygen atoms in total. The van der Waals surface area contributed by atoms with Crippen molar-refractivity contribution in [1.82, 2.24) is 14.8 Å². The van der Waals surface area contributed by atoms with E-state index >= 15 is 0 Å². The van der Waals surface area contributed by atoms with Gasteiger partial charge in [0.15, 0.2) is 0 Å². The highest BCUT2D eigenvalue weighted by Crippen LogP contribution is 2.38. The Morgan fingerprint density at radius 2 is 1.98 bits per heavy atom. The molecule has 3 N–H and O–H groups in total. The molecule has 0 aliphatic heterocycles. The second-order valence-electron chi connectivity index (χ2n) is 10.3. The quantitative estimate of drug-likeness (QED) is 0.221. The number of nitrogens with two attached hydrogens (primary N) is 1. The van der Waals surface area contributed by atoms with Gasteiger partial charge < -0.3 is 5.11 Å². The van der Waals surface area contributed by atoms with Crippen LogP contribution in [0.4, 0.5) is 4.39 Å². The third-order valence-electron chi connectivity index (χ3n) is 7.04. The summed E-state index contributed by atoms with van der Waals surface area (Å²) in [5.41, 5.74) is 5.44. The lowest BCUT2D eigenvalue weighted by atomic mass is 9.96. The summed E-state index contributed by atoms with van der Waals surface area (Å²) < 4.78 is 40.3. The predicted octanol–water partition coefficient (Wildman–Crippen LogP) is 5.59. The van der Waals surface area contributed by atoms with Crippen molar-refractivity contribution < 1.29 is 17.9 Å². The van der Waals surface area contributed by atoms with Crippen molar-refractivity contribution in [2.24, 2.45) is 11.1 Å². The van der Waals surface area contributed by atoms with Crippen LogP contribution in [-0.2, 0) is 29.5 Å². The number of hydrogen-bond donors (Lipinski definition) is 2. The summed E-state index contributed by atoms with van der Waals surface area (Å²) in [6.07, 6.45) is 3.32. The number of aliphatic hydroxyl groups excluding tert-OH is 1. The third-order valence-corrected chi connectivity index (χ3v) is 9.77. The molecule has 11 heteroatoms. The van der Waals surface area contributed by atoms with Crippen molar-refractivity contribution in [1.29, 1.82) is 0 Å². The van der Waals surface area contributed by atoms with Gasteiger partial charge in [0, 0.05) is 33.4 Å². The number of thiazole rings is 1. The molecule has 5 aromatic rings. The number of benzene rings is 2. The number of thiophene rings is 1. The average molecular weight is 619 g/mol. The maximum absolute atomic E-state index is 14.9. The molecule has 0 amide bonds. The lowest BCUT2D eigenvalue weighted by molar-refractivity contribution is 0.277. The summed E-state index contributed by atoms with van der Waals surface area (Å²) in [6.45, 7) is 1.88. The minimum Gasteiger partial charge on any atom is -0.390 e. The van der Waals surface area contributed by atoms with Gasteiger partial charge in [0.25, 0.3) is 0 Å². The van der Waals surface area contributed by atoms with Gasteiger partial charge in [-0.25, -0.2) is 27.6 Å². The van der Waals surface area contributed by atoms with Crippen molar-refractivity contribution in [2.45, 2.75) is 44.1 Å². The number of hydrogen-bond acceptors (Lipinski definition) is 7. The van der Waals surface area contributed by atoms with Crippen LogP contribution in [0.5, 0.6) is 0 Å². The maximum Gasteiger partial charge on any atom is 0.240 e. The molecule has 0 spiro atoms. The van der Waals surface area contributed by atoms with Gasteiger partial charge in [-0.05, 0) is 74.1 Å². The summed E-state index contributed by atoms with van der Waals surface area (Å²) in [7, 11) is -4.18. The summed E-state index contributed by atoms with van der Waals surface area (Å²) in [6, 6.07) is 15.9. The van der Waals surface area contributed by atoms with Crippen LogP contribution in [0.15, 0.2) is 64.9 Å². The normalized spacial score (nSPS) is 13.2. The topological polar surface area (TPSA) is 111 Å². The molecular formula is C31H27FN4O3S3. The molecule has 1 aliphatic carbocycles. The largest absolute Gasteiger partial charge is 0.390 e. The third kappa shape index (κ3) is 6.23. The van der Waals surface area contributed by atoms with Crippen LogP contribution in [0, 0.1) is 30.5 Å². The zero-order valence-electron chi connectivity index (χ0n) is 22.7. The zero-order valence-corrected chi connectivity index (χ0v) is 25.1. The number of aliphatic hydroxyl groups is 1. The van der Waals surface area contributed by atoms with E-state index in [-0.39, 0.29) is 6.61 Å². The fraction of sp³-hybridized carbons (Fsp3) is 0.226. The Labute approximate surface area is 251 Å². The van der Waals surface area contributed by atoms with Gasteiger partial charge >= 0.3 is 0 Å². The standard InChI is InChI=1S/C31H27FN4O3S3/c1-19-5-10-25(41-19)11-8-20-3-2-4-23(13-20)30-26(14-22-9-12-29(27(32)15-22)42(33,38)39)28(16-21-6-7-21)36(35-30)31-34-24(17-37)18-40-31/h2-5,9-10,12-13,15,18,21,37H,6-7,14,16-17H2,1H3,(H2,33,38,39). The van der Waals surface area contributed by atoms with E-state index in [1.165, 1.54) is 28.3 Å². The molecule has 1 saturated carbocycles. The fourth-order valence-corrected chi connectivity index (χ4v) is 6.90. The van der Waals surface area contributed by atoms with E-state index in [4.69, 9.17) is 10.2 Å². The maximum atomic E-state index is 14.9. The first-order valence-electron chi connectivity index (χ1n) is 13.3. The first-order valence-corrected chi connectivity index (χ1v) is 16.6. The van der Waals surface area contributed by atoms with Gasteiger partial charge in [-0.1, -0.05) is 30.0 Å². The number of aromatic nitrogens is 3. The molecule has 214 valence electrons. The Hall–Kier alpha value is -3.66. The van der Waals surface area contributed by atoms with E-state index in [0.29, 0.717) is 28.7 Å². The molecule has 3 heterocycles. The minimum atomic E-state index is -4.18. The van der Waals surface area contributed by atoms with Crippen LogP contribution in [0.1, 0.15) is 50.7 Å². The van der Waals surface area contributed by atoms with E-state index in [1.54, 1.807) is 22.8 Å². The van der Waals surface area contributed by atoms with Crippen LogP contribution < -0.4 is 5.14 Å². The lowest BCUT2D eigenvalue weighted by Crippen LogP contribution is -2.14. The van der Waals surface area contributed by atoms with Crippen molar-refractivity contribution in [3.8, 4) is 28.2 Å². The van der Waals surface area contributed by atoms with Gasteiger partial charge in [0.05, 0.1) is 28.6 Å². The molecule has 0 bridgehead atoms. The van der Waals surface area contributed by atoms with E-state index < -0.39 is 20.7 Å². The second-order valence-corrected chi connectivity index (χ2v) is 14.0. The number of sulfonamides is 1. The average Bonchev–Trinajstić information content (AvgIpc) is 3.31. The van der Waals surface area contributed by atoms with Crippen LogP contribution >= 0.6 is 22.7 Å². The van der Waals surface area contributed by atoms with Gasteiger partial charge in [0.2, 0.25) is 15.2 Å². The molecule has 2 aromatic carbocycles. The molecule has 0 saturated heterocycles. The molecule has 1 fully saturated rings. The van der Waals surface area contributed by atoms with Crippen LogP contribution in [0.3, 0.4) is 0 Å². The van der Waals surface area contributed by atoms with Crippen LogP contribution in [0.25, 0.3) is 16.4 Å². The Kier molecular flexibility index (Phi) is 7.83. The second kappa shape index (κ2) is 11.6. The first-order chi connectivity index (χ1) is 20.2. The Morgan fingerprint density at radius 3 is 2.64 bits per heavy atom. The molecule has 42 heavy (non-hydrogen) atoms. The highest BCUT2D eigenvalue weighted by atomic mass is 32.2. The van der Waals surface area contributed by atoms with Gasteiger partial charge in [-0.15, -0.1) is 22.7 Å². The number of nitrogens with zero attached hydrogens (tertiary/aromatic N) is 3. The summed E-state index contributed by atoms with van der Waals surface area (Å²) in [5.74, 6) is 6.12. The molecule has 3 aromatic heterocycles. The Bertz CT molecular complexity index is 1960.